The zero-order valence-electron chi connectivity index (χ0n) is 19.2. The number of carbonyl (C=O) groups is 2. The summed E-state index contributed by atoms with van der Waals surface area (Å²) in [5, 5.41) is 22.6. The maximum Gasteiger partial charge on any atom is 0.307 e. The molecule has 1 heterocycles. The van der Waals surface area contributed by atoms with Crippen LogP contribution >= 0.6 is 0 Å². The topological polar surface area (TPSA) is 118 Å². The average Bonchev–Trinajstić information content (AvgIpc) is 2.74. The summed E-state index contributed by atoms with van der Waals surface area (Å²) < 4.78 is 10.5. The van der Waals surface area contributed by atoms with Crippen molar-refractivity contribution >= 4 is 17.7 Å². The van der Waals surface area contributed by atoms with Crippen LogP contribution in [0.1, 0.15) is 51.0 Å². The Hall–Kier alpha value is -3.13. The van der Waals surface area contributed by atoms with E-state index in [2.05, 4.69) is 10.3 Å². The number of benzene rings is 1. The third-order valence-corrected chi connectivity index (χ3v) is 5.27. The number of aliphatic hydroxyl groups excluding tert-OH is 1. The Bertz CT molecular complexity index is 938. The van der Waals surface area contributed by atoms with Crippen molar-refractivity contribution in [3.8, 4) is 11.5 Å². The van der Waals surface area contributed by atoms with Crippen molar-refractivity contribution in [3.63, 3.8) is 0 Å². The van der Waals surface area contributed by atoms with E-state index in [0.29, 0.717) is 30.0 Å². The van der Waals surface area contributed by atoms with Crippen LogP contribution in [-0.2, 0) is 16.0 Å². The Labute approximate surface area is 188 Å². The lowest BCUT2D eigenvalue weighted by Gasteiger charge is -2.26. The number of hydrogen-bond acceptors (Lipinski definition) is 6. The van der Waals surface area contributed by atoms with Crippen LogP contribution in [0.4, 0.5) is 5.82 Å². The van der Waals surface area contributed by atoms with Gasteiger partial charge >= 0.3 is 5.97 Å². The largest absolute Gasteiger partial charge is 0.493 e. The van der Waals surface area contributed by atoms with Gasteiger partial charge in [0.05, 0.1) is 31.9 Å². The Morgan fingerprint density at radius 2 is 1.78 bits per heavy atom. The Balaban J connectivity index is 2.01. The minimum atomic E-state index is -1.01. The van der Waals surface area contributed by atoms with Gasteiger partial charge in [-0.05, 0) is 48.1 Å². The first kappa shape index (κ1) is 25.1. The highest BCUT2D eigenvalue weighted by Crippen LogP contribution is 2.30. The summed E-state index contributed by atoms with van der Waals surface area (Å²) in [5.41, 5.74) is 0.848. The Morgan fingerprint density at radius 1 is 1.09 bits per heavy atom. The summed E-state index contributed by atoms with van der Waals surface area (Å²) in [5.74, 6) is -0.735. The predicted octanol–water partition coefficient (Wildman–Crippen LogP) is 3.84. The molecular weight excluding hydrogens is 412 g/mol. The molecule has 2 aromatic rings. The molecule has 32 heavy (non-hydrogen) atoms. The first-order valence-electron chi connectivity index (χ1n) is 10.4. The van der Waals surface area contributed by atoms with Crippen LogP contribution < -0.4 is 14.8 Å². The van der Waals surface area contributed by atoms with E-state index in [4.69, 9.17) is 9.47 Å². The fraction of sp³-hybridized carbons (Fsp3) is 0.458. The van der Waals surface area contributed by atoms with Gasteiger partial charge in [-0.2, -0.15) is 0 Å². The summed E-state index contributed by atoms with van der Waals surface area (Å²) in [7, 11) is 3.14. The molecule has 1 aromatic carbocycles. The lowest BCUT2D eigenvalue weighted by Crippen LogP contribution is -2.32. The van der Waals surface area contributed by atoms with Crippen molar-refractivity contribution in [1.82, 2.24) is 4.98 Å². The number of aliphatic carboxylic acids is 1. The zero-order valence-corrected chi connectivity index (χ0v) is 19.2. The summed E-state index contributed by atoms with van der Waals surface area (Å²) in [4.78, 5) is 28.2. The molecule has 2 atom stereocenters. The van der Waals surface area contributed by atoms with Crippen LogP contribution in [0.3, 0.4) is 0 Å². The minimum Gasteiger partial charge on any atom is -0.493 e. The van der Waals surface area contributed by atoms with Crippen molar-refractivity contribution in [2.45, 2.75) is 46.1 Å². The minimum absolute atomic E-state index is 0.160. The summed E-state index contributed by atoms with van der Waals surface area (Å²) in [6.07, 6.45) is 0.0183. The van der Waals surface area contributed by atoms with Gasteiger partial charge in [-0.3, -0.25) is 9.59 Å². The van der Waals surface area contributed by atoms with Crippen molar-refractivity contribution < 1.29 is 29.3 Å². The number of ether oxygens (including phenoxy) is 2. The number of carboxylic acid groups (broad SMARTS) is 1. The second kappa shape index (κ2) is 10.9. The van der Waals surface area contributed by atoms with Gasteiger partial charge < -0.3 is 25.0 Å². The van der Waals surface area contributed by atoms with E-state index < -0.39 is 29.3 Å². The highest BCUT2D eigenvalue weighted by molar-refractivity contribution is 5.92. The first-order chi connectivity index (χ1) is 15.0. The maximum atomic E-state index is 12.4. The number of hydrogen-bond donors (Lipinski definition) is 3. The van der Waals surface area contributed by atoms with E-state index in [0.717, 1.165) is 5.56 Å². The fourth-order valence-electron chi connectivity index (χ4n) is 3.34. The number of methoxy groups -OCH3 is 2. The van der Waals surface area contributed by atoms with E-state index in [1.54, 1.807) is 53.2 Å². The molecule has 0 saturated heterocycles. The molecule has 0 aliphatic carbocycles. The number of aryl methyl sites for hydroxylation is 1. The summed E-state index contributed by atoms with van der Waals surface area (Å²) in [6, 6.07) is 10.6. The molecule has 3 N–H and O–H groups in total. The van der Waals surface area contributed by atoms with E-state index in [1.165, 1.54) is 0 Å². The summed E-state index contributed by atoms with van der Waals surface area (Å²) in [6.45, 7) is 5.35. The number of aromatic nitrogens is 1. The number of nitrogens with zero attached hydrogens (tertiary/aromatic N) is 1. The van der Waals surface area contributed by atoms with Gasteiger partial charge in [0.25, 0.3) is 0 Å². The number of carbonyl (C=O) groups excluding carboxylic acids is 1. The number of anilines is 1. The van der Waals surface area contributed by atoms with E-state index in [-0.39, 0.29) is 12.2 Å². The van der Waals surface area contributed by atoms with Gasteiger partial charge in [0.1, 0.15) is 5.82 Å². The van der Waals surface area contributed by atoms with Crippen LogP contribution in [0.5, 0.6) is 11.5 Å². The number of rotatable bonds is 10. The second-order valence-corrected chi connectivity index (χ2v) is 8.70. The highest BCUT2D eigenvalue weighted by atomic mass is 16.5. The highest BCUT2D eigenvalue weighted by Gasteiger charge is 2.33. The molecule has 8 heteroatoms. The predicted molar refractivity (Wildman–Crippen MR) is 121 cm³/mol. The molecule has 0 spiro atoms. The molecule has 1 unspecified atom stereocenters. The zero-order chi connectivity index (χ0) is 23.9. The molecular formula is C24H32N2O6. The van der Waals surface area contributed by atoms with Crippen molar-refractivity contribution in [2.75, 3.05) is 19.5 Å². The van der Waals surface area contributed by atoms with E-state index in [9.17, 15) is 19.8 Å². The molecule has 0 radical (unpaired) electrons. The molecule has 0 bridgehead atoms. The lowest BCUT2D eigenvalue weighted by molar-refractivity contribution is -0.147. The molecule has 1 amide bonds. The number of nitrogens with one attached hydrogen (secondary N) is 1. The monoisotopic (exact) mass is 444 g/mol. The molecule has 0 fully saturated rings. The van der Waals surface area contributed by atoms with Gasteiger partial charge in [0.15, 0.2) is 11.5 Å². The van der Waals surface area contributed by atoms with E-state index >= 15 is 0 Å². The normalized spacial score (nSPS) is 13.2. The standard InChI is InChI=1S/C24H32N2O6/c1-24(2,3)16(23(29)30)14-22(28)26-21-8-6-7-17(25-21)18(27)11-9-15-10-12-19(31-4)20(13-15)32-5/h6-8,10,12-13,16,18,27H,9,11,14H2,1-5H3,(H,29,30)(H,25,26,28)/t16-,18?/m0/s1. The third-order valence-electron chi connectivity index (χ3n) is 5.27. The molecule has 8 nitrogen and oxygen atoms in total. The third kappa shape index (κ3) is 6.95. The quantitative estimate of drug-likeness (QED) is 0.509. The van der Waals surface area contributed by atoms with Gasteiger partial charge in [-0.15, -0.1) is 0 Å². The van der Waals surface area contributed by atoms with Gasteiger partial charge in [-0.25, -0.2) is 4.98 Å². The molecule has 2 rings (SSSR count). The second-order valence-electron chi connectivity index (χ2n) is 8.70. The lowest BCUT2D eigenvalue weighted by atomic mass is 9.78. The van der Waals surface area contributed by atoms with Crippen LogP contribution in [0, 0.1) is 11.3 Å². The van der Waals surface area contributed by atoms with Crippen LogP contribution in [0.15, 0.2) is 36.4 Å². The van der Waals surface area contributed by atoms with Crippen LogP contribution in [-0.4, -0.2) is 41.3 Å². The Morgan fingerprint density at radius 3 is 2.38 bits per heavy atom. The maximum absolute atomic E-state index is 12.4. The number of pyridine rings is 1. The molecule has 0 aliphatic rings. The molecule has 0 saturated carbocycles. The molecule has 174 valence electrons. The average molecular weight is 445 g/mol. The molecule has 1 aromatic heterocycles. The van der Waals surface area contributed by atoms with Crippen LogP contribution in [0.2, 0.25) is 0 Å². The SMILES string of the molecule is COc1ccc(CCC(O)c2cccc(NC(=O)C[C@@H](C(=O)O)C(C)(C)C)n2)cc1OC. The smallest absolute Gasteiger partial charge is 0.307 e. The van der Waals surface area contributed by atoms with Crippen molar-refractivity contribution in [2.24, 2.45) is 11.3 Å². The number of amides is 1. The van der Waals surface area contributed by atoms with Gasteiger partial charge in [0, 0.05) is 6.42 Å². The molecule has 0 aliphatic heterocycles. The van der Waals surface area contributed by atoms with Crippen molar-refractivity contribution in [3.05, 3.63) is 47.7 Å². The Kier molecular flexibility index (Phi) is 8.60. The van der Waals surface area contributed by atoms with Crippen LogP contribution in [0.25, 0.3) is 0 Å². The van der Waals surface area contributed by atoms with E-state index in [1.807, 2.05) is 18.2 Å². The number of carboxylic acids is 1. The fourth-order valence-corrected chi connectivity index (χ4v) is 3.34. The number of aliphatic hydroxyl groups is 1. The van der Waals surface area contributed by atoms with Gasteiger partial charge in [-0.1, -0.05) is 32.9 Å². The van der Waals surface area contributed by atoms with Gasteiger partial charge in [0.2, 0.25) is 5.91 Å². The van der Waals surface area contributed by atoms with Crippen molar-refractivity contribution in [1.29, 1.82) is 0 Å². The summed E-state index contributed by atoms with van der Waals surface area (Å²) >= 11 is 0. The first-order valence-corrected chi connectivity index (χ1v) is 10.4.